The van der Waals surface area contributed by atoms with Gasteiger partial charge in [0.25, 0.3) is 0 Å². The van der Waals surface area contributed by atoms with Crippen LogP contribution in [0.15, 0.2) is 54.6 Å². The van der Waals surface area contributed by atoms with Gasteiger partial charge in [-0.1, -0.05) is 36.8 Å². The Morgan fingerprint density at radius 1 is 0.947 bits per heavy atom. The molecule has 0 radical (unpaired) electrons. The van der Waals surface area contributed by atoms with E-state index in [1.807, 2.05) is 54.6 Å². The first-order valence-electron chi connectivity index (χ1n) is 6.84. The van der Waals surface area contributed by atoms with Gasteiger partial charge in [0, 0.05) is 0 Å². The molecule has 2 aromatic rings. The van der Waals surface area contributed by atoms with Gasteiger partial charge in [-0.05, 0) is 48.6 Å². The summed E-state index contributed by atoms with van der Waals surface area (Å²) in [6.45, 7) is 0. The number of para-hydroxylation sites is 1. The van der Waals surface area contributed by atoms with Crippen LogP contribution in [0.5, 0.6) is 11.5 Å². The Balaban J connectivity index is 1.76. The fourth-order valence-electron chi connectivity index (χ4n) is 2.41. The van der Waals surface area contributed by atoms with Crippen LogP contribution in [0.3, 0.4) is 0 Å². The van der Waals surface area contributed by atoms with E-state index in [0.29, 0.717) is 5.92 Å². The number of aliphatic hydroxyl groups is 1. The maximum Gasteiger partial charge on any atom is 0.127 e. The first-order chi connectivity index (χ1) is 9.33. The summed E-state index contributed by atoms with van der Waals surface area (Å²) in [4.78, 5) is 0. The van der Waals surface area contributed by atoms with E-state index in [0.717, 1.165) is 29.9 Å². The van der Waals surface area contributed by atoms with Crippen LogP contribution in [0.2, 0.25) is 0 Å². The molecule has 0 aliphatic heterocycles. The number of aliphatic hydroxyl groups excluding tert-OH is 1. The molecule has 0 amide bonds. The largest absolute Gasteiger partial charge is 0.457 e. The molecular weight excluding hydrogens is 236 g/mol. The van der Waals surface area contributed by atoms with Gasteiger partial charge in [-0.2, -0.15) is 0 Å². The molecule has 0 saturated heterocycles. The summed E-state index contributed by atoms with van der Waals surface area (Å²) >= 11 is 0. The smallest absolute Gasteiger partial charge is 0.127 e. The normalized spacial score (nSPS) is 16.7. The van der Waals surface area contributed by atoms with Crippen molar-refractivity contribution < 1.29 is 9.84 Å². The van der Waals surface area contributed by atoms with Crippen molar-refractivity contribution >= 4 is 0 Å². The van der Waals surface area contributed by atoms with Crippen molar-refractivity contribution in [2.45, 2.75) is 25.4 Å². The van der Waals surface area contributed by atoms with Crippen LogP contribution in [0.4, 0.5) is 0 Å². The van der Waals surface area contributed by atoms with Crippen LogP contribution in [0, 0.1) is 5.92 Å². The summed E-state index contributed by atoms with van der Waals surface area (Å²) in [7, 11) is 0. The molecule has 1 atom stereocenters. The monoisotopic (exact) mass is 254 g/mol. The van der Waals surface area contributed by atoms with Gasteiger partial charge in [-0.15, -0.1) is 0 Å². The summed E-state index contributed by atoms with van der Waals surface area (Å²) in [5.74, 6) is 2.02. The Bertz CT molecular complexity index is 532. The second kappa shape index (κ2) is 5.45. The van der Waals surface area contributed by atoms with Crippen molar-refractivity contribution in [2.75, 3.05) is 0 Å². The Kier molecular flexibility index (Phi) is 3.51. The summed E-state index contributed by atoms with van der Waals surface area (Å²) < 4.78 is 5.79. The first kappa shape index (κ1) is 12.2. The van der Waals surface area contributed by atoms with Gasteiger partial charge in [0.1, 0.15) is 11.5 Å². The van der Waals surface area contributed by atoms with Crippen molar-refractivity contribution in [1.82, 2.24) is 0 Å². The Morgan fingerprint density at radius 3 is 2.37 bits per heavy atom. The van der Waals surface area contributed by atoms with E-state index in [2.05, 4.69) is 0 Å². The quantitative estimate of drug-likeness (QED) is 0.880. The lowest BCUT2D eigenvalue weighted by Crippen LogP contribution is -2.19. The maximum atomic E-state index is 10.3. The SMILES string of the molecule is OC(c1cccc(Oc2ccccc2)c1)C1CCC1. The molecule has 2 heteroatoms. The second-order valence-corrected chi connectivity index (χ2v) is 5.12. The highest BCUT2D eigenvalue weighted by Crippen LogP contribution is 2.38. The van der Waals surface area contributed by atoms with Crippen LogP contribution in [0.25, 0.3) is 0 Å². The van der Waals surface area contributed by atoms with Gasteiger partial charge in [0.05, 0.1) is 6.10 Å². The highest BCUT2D eigenvalue weighted by Gasteiger charge is 2.26. The Morgan fingerprint density at radius 2 is 1.68 bits per heavy atom. The van der Waals surface area contributed by atoms with E-state index in [-0.39, 0.29) is 6.10 Å². The number of hydrogen-bond donors (Lipinski definition) is 1. The molecule has 0 spiro atoms. The molecule has 1 aliphatic carbocycles. The molecule has 19 heavy (non-hydrogen) atoms. The molecular formula is C17H18O2. The van der Waals surface area contributed by atoms with Crippen molar-refractivity contribution in [3.63, 3.8) is 0 Å². The average molecular weight is 254 g/mol. The Hall–Kier alpha value is -1.80. The molecule has 3 rings (SSSR count). The third kappa shape index (κ3) is 2.79. The van der Waals surface area contributed by atoms with Gasteiger partial charge in [0.2, 0.25) is 0 Å². The third-order valence-corrected chi connectivity index (χ3v) is 3.77. The zero-order valence-corrected chi connectivity index (χ0v) is 10.8. The third-order valence-electron chi connectivity index (χ3n) is 3.77. The maximum absolute atomic E-state index is 10.3. The highest BCUT2D eigenvalue weighted by atomic mass is 16.5. The van der Waals surface area contributed by atoms with E-state index in [4.69, 9.17) is 4.74 Å². The Labute approximate surface area is 113 Å². The van der Waals surface area contributed by atoms with Crippen molar-refractivity contribution in [2.24, 2.45) is 5.92 Å². The number of benzene rings is 2. The molecule has 1 aliphatic rings. The van der Waals surface area contributed by atoms with Crippen LogP contribution < -0.4 is 4.74 Å². The van der Waals surface area contributed by atoms with E-state index in [1.54, 1.807) is 0 Å². The van der Waals surface area contributed by atoms with Crippen LogP contribution in [-0.2, 0) is 0 Å². The van der Waals surface area contributed by atoms with E-state index >= 15 is 0 Å². The van der Waals surface area contributed by atoms with Gasteiger partial charge in [-0.3, -0.25) is 0 Å². The van der Waals surface area contributed by atoms with Crippen LogP contribution in [-0.4, -0.2) is 5.11 Å². The predicted molar refractivity (Wildman–Crippen MR) is 75.3 cm³/mol. The summed E-state index contributed by atoms with van der Waals surface area (Å²) in [5.41, 5.74) is 0.957. The lowest BCUT2D eigenvalue weighted by atomic mass is 9.79. The zero-order valence-electron chi connectivity index (χ0n) is 10.8. The van der Waals surface area contributed by atoms with Crippen LogP contribution in [0.1, 0.15) is 30.9 Å². The van der Waals surface area contributed by atoms with E-state index in [1.165, 1.54) is 6.42 Å². The van der Waals surface area contributed by atoms with E-state index < -0.39 is 0 Å². The minimum atomic E-state index is -0.354. The molecule has 1 saturated carbocycles. The molecule has 1 N–H and O–H groups in total. The van der Waals surface area contributed by atoms with Gasteiger partial charge in [-0.25, -0.2) is 0 Å². The first-order valence-corrected chi connectivity index (χ1v) is 6.84. The summed E-state index contributed by atoms with van der Waals surface area (Å²) in [5, 5.41) is 10.3. The van der Waals surface area contributed by atoms with Crippen molar-refractivity contribution in [3.05, 3.63) is 60.2 Å². The minimum Gasteiger partial charge on any atom is -0.457 e. The molecule has 98 valence electrons. The minimum absolute atomic E-state index is 0.354. The lowest BCUT2D eigenvalue weighted by molar-refractivity contribution is 0.0619. The lowest BCUT2D eigenvalue weighted by Gasteiger charge is -2.30. The van der Waals surface area contributed by atoms with Crippen LogP contribution >= 0.6 is 0 Å². The van der Waals surface area contributed by atoms with Crippen molar-refractivity contribution in [1.29, 1.82) is 0 Å². The molecule has 1 unspecified atom stereocenters. The fourth-order valence-corrected chi connectivity index (χ4v) is 2.41. The van der Waals surface area contributed by atoms with Crippen molar-refractivity contribution in [3.8, 4) is 11.5 Å². The van der Waals surface area contributed by atoms with Gasteiger partial charge < -0.3 is 9.84 Å². The number of rotatable bonds is 4. The molecule has 0 heterocycles. The van der Waals surface area contributed by atoms with Gasteiger partial charge in [0.15, 0.2) is 0 Å². The highest BCUT2D eigenvalue weighted by molar-refractivity contribution is 5.34. The second-order valence-electron chi connectivity index (χ2n) is 5.12. The number of ether oxygens (including phenoxy) is 1. The molecule has 0 aromatic heterocycles. The molecule has 2 aromatic carbocycles. The molecule has 1 fully saturated rings. The fraction of sp³-hybridized carbons (Fsp3) is 0.294. The summed E-state index contributed by atoms with van der Waals surface area (Å²) in [6, 6.07) is 17.5. The average Bonchev–Trinajstić information content (AvgIpc) is 2.38. The zero-order chi connectivity index (χ0) is 13.1. The summed E-state index contributed by atoms with van der Waals surface area (Å²) in [6.07, 6.45) is 3.14. The number of hydrogen-bond acceptors (Lipinski definition) is 2. The van der Waals surface area contributed by atoms with Gasteiger partial charge >= 0.3 is 0 Å². The molecule has 0 bridgehead atoms. The predicted octanol–water partition coefficient (Wildman–Crippen LogP) is 4.31. The van der Waals surface area contributed by atoms with E-state index in [9.17, 15) is 5.11 Å². The topological polar surface area (TPSA) is 29.5 Å². The standard InChI is InChI=1S/C17H18O2/c18-17(13-6-4-7-13)14-8-5-11-16(12-14)19-15-9-2-1-3-10-15/h1-3,5,8-13,17-18H,4,6-7H2. The molecule has 2 nitrogen and oxygen atoms in total.